The van der Waals surface area contributed by atoms with Gasteiger partial charge in [0.1, 0.15) is 0 Å². The summed E-state index contributed by atoms with van der Waals surface area (Å²) in [6, 6.07) is 7.89. The molecule has 0 heterocycles. The van der Waals surface area contributed by atoms with Gasteiger partial charge in [-0.25, -0.2) is 0 Å². The van der Waals surface area contributed by atoms with Gasteiger partial charge in [0, 0.05) is 0 Å². The fourth-order valence-corrected chi connectivity index (χ4v) is 1.51. The molecule has 0 aliphatic rings. The Bertz CT molecular complexity index is 344. The summed E-state index contributed by atoms with van der Waals surface area (Å²) in [6.45, 7) is 6.01. The van der Waals surface area contributed by atoms with E-state index < -0.39 is 11.9 Å². The van der Waals surface area contributed by atoms with Crippen LogP contribution in [0.3, 0.4) is 0 Å². The van der Waals surface area contributed by atoms with Crippen molar-refractivity contribution in [1.29, 1.82) is 0 Å². The minimum absolute atomic E-state index is 0.422. The van der Waals surface area contributed by atoms with Crippen molar-refractivity contribution in [2.24, 2.45) is 0 Å². The minimum atomic E-state index is -0.767. The summed E-state index contributed by atoms with van der Waals surface area (Å²) in [7, 11) is 0. The van der Waals surface area contributed by atoms with Gasteiger partial charge in [-0.05, 0) is 30.4 Å². The van der Waals surface area contributed by atoms with Gasteiger partial charge >= 0.3 is 5.97 Å². The first-order valence-corrected chi connectivity index (χ1v) is 5.39. The van der Waals surface area contributed by atoms with Crippen LogP contribution in [-0.2, 0) is 4.79 Å². The maximum absolute atomic E-state index is 10.9. The van der Waals surface area contributed by atoms with Crippen molar-refractivity contribution < 1.29 is 9.90 Å². The maximum Gasteiger partial charge on any atom is 0.310 e. The highest BCUT2D eigenvalue weighted by Crippen LogP contribution is 2.23. The summed E-state index contributed by atoms with van der Waals surface area (Å²) in [5.41, 5.74) is 2.11. The Hall–Kier alpha value is -1.31. The number of hydrogen-bond acceptors (Lipinski definition) is 1. The molecule has 0 bridgehead atoms. The largest absolute Gasteiger partial charge is 0.481 e. The van der Waals surface area contributed by atoms with Crippen LogP contribution in [0.4, 0.5) is 0 Å². The second-order valence-corrected chi connectivity index (χ2v) is 4.04. The van der Waals surface area contributed by atoms with Gasteiger partial charge in [-0.1, -0.05) is 38.1 Å². The molecule has 0 aliphatic heterocycles. The van der Waals surface area contributed by atoms with E-state index in [9.17, 15) is 4.79 Å². The molecule has 1 N–H and O–H groups in total. The SMILES string of the molecule is CCC(C)c1cccc(C(C)C(=O)O)c1. The summed E-state index contributed by atoms with van der Waals surface area (Å²) in [6.07, 6.45) is 1.07. The first-order valence-electron chi connectivity index (χ1n) is 5.39. The molecule has 0 fully saturated rings. The van der Waals surface area contributed by atoms with E-state index in [2.05, 4.69) is 19.9 Å². The van der Waals surface area contributed by atoms with Gasteiger partial charge in [0.15, 0.2) is 0 Å². The zero-order chi connectivity index (χ0) is 11.4. The normalized spacial score (nSPS) is 14.6. The van der Waals surface area contributed by atoms with E-state index >= 15 is 0 Å². The first-order chi connectivity index (χ1) is 7.06. The molecule has 15 heavy (non-hydrogen) atoms. The topological polar surface area (TPSA) is 37.3 Å². The van der Waals surface area contributed by atoms with Crippen LogP contribution in [0.2, 0.25) is 0 Å². The molecule has 0 saturated heterocycles. The van der Waals surface area contributed by atoms with Gasteiger partial charge in [-0.15, -0.1) is 0 Å². The molecule has 0 radical (unpaired) electrons. The second kappa shape index (κ2) is 4.96. The van der Waals surface area contributed by atoms with E-state index in [0.717, 1.165) is 12.0 Å². The Morgan fingerprint density at radius 3 is 2.47 bits per heavy atom. The molecule has 0 aromatic heterocycles. The number of carboxylic acid groups (broad SMARTS) is 1. The second-order valence-electron chi connectivity index (χ2n) is 4.04. The molecule has 0 spiro atoms. The van der Waals surface area contributed by atoms with Crippen molar-refractivity contribution in [1.82, 2.24) is 0 Å². The molecule has 0 amide bonds. The van der Waals surface area contributed by atoms with Gasteiger partial charge < -0.3 is 5.11 Å². The predicted octanol–water partition coefficient (Wildman–Crippen LogP) is 3.39. The van der Waals surface area contributed by atoms with Crippen LogP contribution >= 0.6 is 0 Å². The standard InChI is InChI=1S/C13H18O2/c1-4-9(2)11-6-5-7-12(8-11)10(3)13(14)15/h5-10H,4H2,1-3H3,(H,14,15). The molecule has 0 aliphatic carbocycles. The Kier molecular flexibility index (Phi) is 3.89. The Balaban J connectivity index is 2.97. The molecule has 2 nitrogen and oxygen atoms in total. The Labute approximate surface area is 90.9 Å². The van der Waals surface area contributed by atoms with Gasteiger partial charge in [0.2, 0.25) is 0 Å². The van der Waals surface area contributed by atoms with Gasteiger partial charge in [-0.3, -0.25) is 4.79 Å². The number of aliphatic carboxylic acids is 1. The monoisotopic (exact) mass is 206 g/mol. The van der Waals surface area contributed by atoms with Crippen LogP contribution in [0, 0.1) is 0 Å². The smallest absolute Gasteiger partial charge is 0.310 e. The third-order valence-electron chi connectivity index (χ3n) is 2.96. The van der Waals surface area contributed by atoms with Crippen LogP contribution in [0.5, 0.6) is 0 Å². The summed E-state index contributed by atoms with van der Waals surface area (Å²) in [5.74, 6) is -0.698. The van der Waals surface area contributed by atoms with Gasteiger partial charge in [0.25, 0.3) is 0 Å². The van der Waals surface area contributed by atoms with E-state index in [1.165, 1.54) is 5.56 Å². The van der Waals surface area contributed by atoms with Crippen LogP contribution in [0.15, 0.2) is 24.3 Å². The van der Waals surface area contributed by atoms with E-state index in [4.69, 9.17) is 5.11 Å². The Morgan fingerprint density at radius 1 is 1.33 bits per heavy atom. The first kappa shape index (κ1) is 11.8. The van der Waals surface area contributed by atoms with Crippen LogP contribution in [0.1, 0.15) is 50.2 Å². The highest BCUT2D eigenvalue weighted by molar-refractivity contribution is 5.75. The summed E-state index contributed by atoms with van der Waals surface area (Å²) < 4.78 is 0. The molecule has 82 valence electrons. The van der Waals surface area contributed by atoms with Crippen molar-refractivity contribution in [3.8, 4) is 0 Å². The zero-order valence-electron chi connectivity index (χ0n) is 9.53. The quantitative estimate of drug-likeness (QED) is 0.819. The fraction of sp³-hybridized carbons (Fsp3) is 0.462. The number of rotatable bonds is 4. The molecule has 2 unspecified atom stereocenters. The van der Waals surface area contributed by atoms with E-state index in [1.807, 2.05) is 18.2 Å². The maximum atomic E-state index is 10.9. The highest BCUT2D eigenvalue weighted by Gasteiger charge is 2.14. The average Bonchev–Trinajstić information content (AvgIpc) is 2.27. The van der Waals surface area contributed by atoms with Crippen molar-refractivity contribution >= 4 is 5.97 Å². The lowest BCUT2D eigenvalue weighted by molar-refractivity contribution is -0.138. The van der Waals surface area contributed by atoms with Crippen LogP contribution in [-0.4, -0.2) is 11.1 Å². The van der Waals surface area contributed by atoms with Crippen LogP contribution < -0.4 is 0 Å². The number of hydrogen-bond donors (Lipinski definition) is 1. The average molecular weight is 206 g/mol. The predicted molar refractivity (Wildman–Crippen MR) is 61.2 cm³/mol. The van der Waals surface area contributed by atoms with Crippen molar-refractivity contribution in [3.05, 3.63) is 35.4 Å². The third-order valence-corrected chi connectivity index (χ3v) is 2.96. The van der Waals surface area contributed by atoms with Crippen LogP contribution in [0.25, 0.3) is 0 Å². The molecular weight excluding hydrogens is 188 g/mol. The summed E-state index contributed by atoms with van der Waals surface area (Å²) in [4.78, 5) is 10.9. The van der Waals surface area contributed by atoms with E-state index in [0.29, 0.717) is 5.92 Å². The Morgan fingerprint density at radius 2 is 1.93 bits per heavy atom. The third kappa shape index (κ3) is 2.82. The summed E-state index contributed by atoms with van der Waals surface area (Å²) >= 11 is 0. The number of benzene rings is 1. The lowest BCUT2D eigenvalue weighted by Crippen LogP contribution is -2.07. The van der Waals surface area contributed by atoms with Crippen molar-refractivity contribution in [2.75, 3.05) is 0 Å². The molecule has 1 aromatic carbocycles. The highest BCUT2D eigenvalue weighted by atomic mass is 16.4. The van der Waals surface area contributed by atoms with Gasteiger partial charge in [-0.2, -0.15) is 0 Å². The molecule has 0 saturated carbocycles. The van der Waals surface area contributed by atoms with E-state index in [-0.39, 0.29) is 0 Å². The zero-order valence-corrected chi connectivity index (χ0v) is 9.53. The molecule has 1 aromatic rings. The number of carboxylic acids is 1. The lowest BCUT2D eigenvalue weighted by atomic mass is 9.93. The molecule has 2 atom stereocenters. The van der Waals surface area contributed by atoms with Crippen molar-refractivity contribution in [3.63, 3.8) is 0 Å². The summed E-state index contributed by atoms with van der Waals surface area (Å²) in [5, 5.41) is 8.92. The minimum Gasteiger partial charge on any atom is -0.481 e. The van der Waals surface area contributed by atoms with Gasteiger partial charge in [0.05, 0.1) is 5.92 Å². The molecule has 2 heteroatoms. The fourth-order valence-electron chi connectivity index (χ4n) is 1.51. The molecule has 1 rings (SSSR count). The molecular formula is C13H18O2. The van der Waals surface area contributed by atoms with E-state index in [1.54, 1.807) is 6.92 Å². The number of carbonyl (C=O) groups is 1. The van der Waals surface area contributed by atoms with Crippen molar-refractivity contribution in [2.45, 2.75) is 39.0 Å². The lowest BCUT2D eigenvalue weighted by Gasteiger charge is -2.12.